The van der Waals surface area contributed by atoms with Gasteiger partial charge in [0.15, 0.2) is 0 Å². The lowest BCUT2D eigenvalue weighted by atomic mass is 10.3. The third-order valence-electron chi connectivity index (χ3n) is 0.766. The average Bonchev–Trinajstić information content (AvgIpc) is 1.62. The highest BCUT2D eigenvalue weighted by Gasteiger charge is 2.13. The monoisotopic (exact) mass is 131 g/mol. The minimum Gasteiger partial charge on any atom is -0.372 e. The fraction of sp³-hybridized carbons (Fsp3) is 0.833. The number of hydrogen-bond donors (Lipinski definition) is 2. The number of amides is 1. The number of hydrogen-bond acceptors (Lipinski definition) is 2. The van der Waals surface area contributed by atoms with Crippen molar-refractivity contribution in [3.8, 4) is 0 Å². The average molecular weight is 131 g/mol. The molecule has 0 spiro atoms. The first-order valence-electron chi connectivity index (χ1n) is 2.99. The Kier molecular flexibility index (Phi) is 2.65. The molecule has 0 aromatic rings. The maximum absolute atomic E-state index is 10.6. The van der Waals surface area contributed by atoms with Crippen LogP contribution in [0, 0.1) is 0 Å². The third kappa shape index (κ3) is 5.30. The fourth-order valence-electron chi connectivity index (χ4n) is 0.430. The normalized spacial score (nSPS) is 11.1. The van der Waals surface area contributed by atoms with Crippen molar-refractivity contribution in [2.45, 2.75) is 32.9 Å². The van der Waals surface area contributed by atoms with Gasteiger partial charge in [-0.25, -0.2) is 0 Å². The number of carbonyl (C=O) groups is 1. The highest BCUT2D eigenvalue weighted by atomic mass is 16.3. The predicted octanol–water partition coefficient (Wildman–Crippen LogP) is 0.241. The molecule has 3 heteroatoms. The summed E-state index contributed by atoms with van der Waals surface area (Å²) in [7, 11) is 0. The summed E-state index contributed by atoms with van der Waals surface area (Å²) < 4.78 is 0. The second-order valence-corrected chi connectivity index (χ2v) is 2.46. The van der Waals surface area contributed by atoms with E-state index >= 15 is 0 Å². The van der Waals surface area contributed by atoms with Crippen LogP contribution in [-0.2, 0) is 4.79 Å². The smallest absolute Gasteiger partial charge is 0.221 e. The maximum atomic E-state index is 10.6. The zero-order valence-corrected chi connectivity index (χ0v) is 6.06. The summed E-state index contributed by atoms with van der Waals surface area (Å²) >= 11 is 0. The molecule has 0 atom stereocenters. The standard InChI is InChI=1S/C6H13NO2/c1-4-5(8)7-6(2,3)9/h9H,4H2,1-3H3,(H,7,8). The molecule has 0 saturated heterocycles. The van der Waals surface area contributed by atoms with Gasteiger partial charge in [-0.3, -0.25) is 4.79 Å². The maximum Gasteiger partial charge on any atom is 0.221 e. The van der Waals surface area contributed by atoms with Crippen LogP contribution in [0.2, 0.25) is 0 Å². The summed E-state index contributed by atoms with van der Waals surface area (Å²) in [5.41, 5.74) is -1.08. The van der Waals surface area contributed by atoms with Crippen LogP contribution < -0.4 is 5.32 Å². The predicted molar refractivity (Wildman–Crippen MR) is 34.7 cm³/mol. The minimum absolute atomic E-state index is 0.137. The zero-order chi connectivity index (χ0) is 7.49. The van der Waals surface area contributed by atoms with Gasteiger partial charge in [-0.05, 0) is 13.8 Å². The molecule has 0 rings (SSSR count). The van der Waals surface area contributed by atoms with Crippen LogP contribution in [0.5, 0.6) is 0 Å². The van der Waals surface area contributed by atoms with Gasteiger partial charge in [-0.2, -0.15) is 0 Å². The largest absolute Gasteiger partial charge is 0.372 e. The van der Waals surface area contributed by atoms with E-state index in [1.165, 1.54) is 13.8 Å². The van der Waals surface area contributed by atoms with E-state index in [0.29, 0.717) is 6.42 Å². The molecule has 54 valence electrons. The Bertz CT molecular complexity index is 104. The van der Waals surface area contributed by atoms with E-state index in [-0.39, 0.29) is 5.91 Å². The van der Waals surface area contributed by atoms with Gasteiger partial charge in [0.1, 0.15) is 5.72 Å². The van der Waals surface area contributed by atoms with E-state index in [1.54, 1.807) is 6.92 Å². The van der Waals surface area contributed by atoms with Crippen LogP contribution in [0.4, 0.5) is 0 Å². The minimum atomic E-state index is -1.08. The van der Waals surface area contributed by atoms with Crippen molar-refractivity contribution in [3.63, 3.8) is 0 Å². The van der Waals surface area contributed by atoms with Crippen molar-refractivity contribution >= 4 is 5.91 Å². The van der Waals surface area contributed by atoms with Crippen molar-refractivity contribution in [2.75, 3.05) is 0 Å². The Morgan fingerprint density at radius 1 is 1.67 bits per heavy atom. The quantitative estimate of drug-likeness (QED) is 0.527. The first-order chi connectivity index (χ1) is 3.95. The molecule has 0 saturated carbocycles. The van der Waals surface area contributed by atoms with E-state index < -0.39 is 5.72 Å². The molecule has 0 aliphatic carbocycles. The summed E-state index contributed by atoms with van der Waals surface area (Å²) in [4.78, 5) is 10.6. The molecule has 0 unspecified atom stereocenters. The molecule has 0 aromatic heterocycles. The molecule has 1 amide bonds. The number of aliphatic hydroxyl groups is 1. The van der Waals surface area contributed by atoms with Gasteiger partial charge in [0.25, 0.3) is 0 Å². The van der Waals surface area contributed by atoms with E-state index in [1.807, 2.05) is 0 Å². The van der Waals surface area contributed by atoms with Crippen LogP contribution in [-0.4, -0.2) is 16.7 Å². The lowest BCUT2D eigenvalue weighted by Gasteiger charge is -2.18. The van der Waals surface area contributed by atoms with Crippen molar-refractivity contribution < 1.29 is 9.90 Å². The van der Waals surface area contributed by atoms with Crippen LogP contribution in [0.25, 0.3) is 0 Å². The fourth-order valence-corrected chi connectivity index (χ4v) is 0.430. The molecule has 0 aliphatic heterocycles. The van der Waals surface area contributed by atoms with Crippen molar-refractivity contribution in [1.29, 1.82) is 0 Å². The summed E-state index contributed by atoms with van der Waals surface area (Å²) in [5, 5.41) is 11.4. The Hall–Kier alpha value is -0.570. The highest BCUT2D eigenvalue weighted by molar-refractivity contribution is 5.75. The molecule has 3 nitrogen and oxygen atoms in total. The zero-order valence-electron chi connectivity index (χ0n) is 6.06. The van der Waals surface area contributed by atoms with E-state index in [9.17, 15) is 4.79 Å². The first-order valence-corrected chi connectivity index (χ1v) is 2.99. The van der Waals surface area contributed by atoms with E-state index in [2.05, 4.69) is 5.32 Å². The number of carbonyl (C=O) groups excluding carboxylic acids is 1. The second kappa shape index (κ2) is 2.82. The Morgan fingerprint density at radius 3 is 2.22 bits per heavy atom. The molecule has 0 aliphatic rings. The van der Waals surface area contributed by atoms with Gasteiger partial charge < -0.3 is 10.4 Å². The van der Waals surface area contributed by atoms with Crippen molar-refractivity contribution in [2.24, 2.45) is 0 Å². The van der Waals surface area contributed by atoms with Gasteiger partial charge in [-0.1, -0.05) is 6.92 Å². The number of nitrogens with one attached hydrogen (secondary N) is 1. The highest BCUT2D eigenvalue weighted by Crippen LogP contribution is 1.93. The van der Waals surface area contributed by atoms with Gasteiger partial charge >= 0.3 is 0 Å². The Morgan fingerprint density at radius 2 is 2.11 bits per heavy atom. The Labute approximate surface area is 55.1 Å². The summed E-state index contributed by atoms with van der Waals surface area (Å²) in [6, 6.07) is 0. The third-order valence-corrected chi connectivity index (χ3v) is 0.766. The van der Waals surface area contributed by atoms with E-state index in [4.69, 9.17) is 5.11 Å². The van der Waals surface area contributed by atoms with Crippen molar-refractivity contribution in [3.05, 3.63) is 0 Å². The molecule has 2 N–H and O–H groups in total. The molecule has 0 radical (unpaired) electrons. The molecular formula is C6H13NO2. The van der Waals surface area contributed by atoms with Gasteiger partial charge in [-0.15, -0.1) is 0 Å². The Balaban J connectivity index is 3.60. The molecule has 0 heterocycles. The van der Waals surface area contributed by atoms with Gasteiger partial charge in [0.05, 0.1) is 0 Å². The summed E-state index contributed by atoms with van der Waals surface area (Å²) in [6.07, 6.45) is 0.407. The van der Waals surface area contributed by atoms with Crippen LogP contribution in [0.15, 0.2) is 0 Å². The van der Waals surface area contributed by atoms with Gasteiger partial charge in [0.2, 0.25) is 5.91 Å². The lowest BCUT2D eigenvalue weighted by Crippen LogP contribution is -2.42. The summed E-state index contributed by atoms with van der Waals surface area (Å²) in [6.45, 7) is 4.79. The SMILES string of the molecule is CCC(=O)NC(C)(C)O. The topological polar surface area (TPSA) is 49.3 Å². The van der Waals surface area contributed by atoms with Crippen LogP contribution in [0.3, 0.4) is 0 Å². The first kappa shape index (κ1) is 8.43. The van der Waals surface area contributed by atoms with Gasteiger partial charge in [0, 0.05) is 6.42 Å². The molecular weight excluding hydrogens is 118 g/mol. The molecule has 0 fully saturated rings. The lowest BCUT2D eigenvalue weighted by molar-refractivity contribution is -0.126. The molecule has 0 aromatic carbocycles. The van der Waals surface area contributed by atoms with Crippen molar-refractivity contribution in [1.82, 2.24) is 5.32 Å². The van der Waals surface area contributed by atoms with Crippen LogP contribution >= 0.6 is 0 Å². The number of rotatable bonds is 2. The van der Waals surface area contributed by atoms with Crippen LogP contribution in [0.1, 0.15) is 27.2 Å². The second-order valence-electron chi connectivity index (χ2n) is 2.46. The molecule has 9 heavy (non-hydrogen) atoms. The van der Waals surface area contributed by atoms with E-state index in [0.717, 1.165) is 0 Å². The molecule has 0 bridgehead atoms. The summed E-state index contributed by atoms with van der Waals surface area (Å²) in [5.74, 6) is -0.137.